The molecular weight excluding hydrogens is 530 g/mol. The quantitative estimate of drug-likeness (QED) is 0.286. The monoisotopic (exact) mass is 575 g/mol. The van der Waals surface area contributed by atoms with Gasteiger partial charge in [0, 0.05) is 30.2 Å². The Morgan fingerprint density at radius 1 is 1.05 bits per heavy atom. The maximum absolute atomic E-state index is 13.4. The number of hydrogen-bond acceptors (Lipinski definition) is 8. The molecule has 4 rings (SSSR count). The molecule has 0 radical (unpaired) electrons. The molecule has 1 unspecified atom stereocenters. The van der Waals surface area contributed by atoms with Crippen molar-refractivity contribution in [1.82, 2.24) is 5.32 Å². The van der Waals surface area contributed by atoms with E-state index in [0.29, 0.717) is 31.1 Å². The Bertz CT molecular complexity index is 1140. The van der Waals surface area contributed by atoms with Crippen LogP contribution >= 0.6 is 0 Å². The van der Waals surface area contributed by atoms with Crippen molar-refractivity contribution < 1.29 is 44.0 Å². The second-order valence-electron chi connectivity index (χ2n) is 13.9. The van der Waals surface area contributed by atoms with E-state index in [1.54, 1.807) is 0 Å². The zero-order chi connectivity index (χ0) is 30.4. The highest BCUT2D eigenvalue weighted by Crippen LogP contribution is 2.67. The van der Waals surface area contributed by atoms with E-state index in [9.17, 15) is 34.2 Å². The van der Waals surface area contributed by atoms with Crippen molar-refractivity contribution in [2.45, 2.75) is 104 Å². The molecule has 3 saturated carbocycles. The number of amides is 1. The number of aliphatic carboxylic acids is 1. The Balaban J connectivity index is 1.30. The summed E-state index contributed by atoms with van der Waals surface area (Å²) in [6, 6.07) is 0. The summed E-state index contributed by atoms with van der Waals surface area (Å²) in [5, 5.41) is 33.0. The number of Topliss-reactive ketones (excluding diaryl/α,β-unsaturated/α-hetero) is 1. The molecule has 41 heavy (non-hydrogen) atoms. The number of carboxylic acid groups (broad SMARTS) is 1. The first-order valence-corrected chi connectivity index (χ1v) is 14.9. The third-order valence-electron chi connectivity index (χ3n) is 11.2. The lowest BCUT2D eigenvalue weighted by Gasteiger charge is -2.58. The lowest BCUT2D eigenvalue weighted by atomic mass is 9.46. The molecule has 10 nitrogen and oxygen atoms in total. The van der Waals surface area contributed by atoms with Crippen LogP contribution in [0, 0.1) is 34.0 Å². The summed E-state index contributed by atoms with van der Waals surface area (Å²) in [5.74, 6) is -1.97. The summed E-state index contributed by atoms with van der Waals surface area (Å²) in [6.45, 7) is 6.63. The van der Waals surface area contributed by atoms with Crippen LogP contribution in [0.3, 0.4) is 0 Å². The van der Waals surface area contributed by atoms with Gasteiger partial charge in [0.2, 0.25) is 11.7 Å². The lowest BCUT2D eigenvalue weighted by molar-refractivity contribution is -0.170. The minimum absolute atomic E-state index is 0.00347. The van der Waals surface area contributed by atoms with Crippen LogP contribution in [0.2, 0.25) is 0 Å². The normalized spacial score (nSPS) is 35.3. The second-order valence-corrected chi connectivity index (χ2v) is 13.9. The number of ether oxygens (including phenoxy) is 1. The molecule has 0 heterocycles. The third-order valence-corrected chi connectivity index (χ3v) is 11.2. The predicted octanol–water partition coefficient (Wildman–Crippen LogP) is 2.73. The largest absolute Gasteiger partial charge is 0.479 e. The molecule has 228 valence electrons. The number of allylic oxidation sites excluding steroid dienone is 1. The van der Waals surface area contributed by atoms with Crippen LogP contribution in [0.4, 0.5) is 0 Å². The van der Waals surface area contributed by atoms with Crippen LogP contribution in [0.1, 0.15) is 91.9 Å². The van der Waals surface area contributed by atoms with Crippen molar-refractivity contribution in [2.24, 2.45) is 34.0 Å². The van der Waals surface area contributed by atoms with Crippen molar-refractivity contribution >= 4 is 29.4 Å². The van der Waals surface area contributed by atoms with Gasteiger partial charge in [-0.1, -0.05) is 33.3 Å². The van der Waals surface area contributed by atoms with E-state index in [4.69, 9.17) is 9.84 Å². The zero-order valence-electron chi connectivity index (χ0n) is 24.7. The fraction of sp³-hybridized carbons (Fsp3) is 0.774. The molecule has 0 spiro atoms. The molecule has 0 bridgehead atoms. The highest BCUT2D eigenvalue weighted by molar-refractivity contribution is 5.92. The minimum Gasteiger partial charge on any atom is -0.479 e. The van der Waals surface area contributed by atoms with E-state index in [1.807, 2.05) is 13.0 Å². The third kappa shape index (κ3) is 5.61. The number of ketones is 2. The number of hydrogen-bond donors (Lipinski definition) is 4. The number of carbonyl (C=O) groups excluding carboxylic acids is 4. The van der Waals surface area contributed by atoms with Gasteiger partial charge >= 0.3 is 11.9 Å². The molecule has 0 aromatic heterocycles. The first kappa shape index (κ1) is 31.3. The van der Waals surface area contributed by atoms with Gasteiger partial charge in [-0.3, -0.25) is 19.2 Å². The van der Waals surface area contributed by atoms with Gasteiger partial charge in [-0.05, 0) is 74.2 Å². The molecule has 10 heteroatoms. The Morgan fingerprint density at radius 3 is 2.41 bits per heavy atom. The standard InChI is InChI=1S/C31H45NO9/c1-28(2,26(37)27(38)39)17-32-24(35)7-8-25(36)41-16-23(34)31(40)14-11-22-20-6-5-18-15-19(33)9-12-29(18,3)21(20)10-13-30(22,31)4/h15,20-22,26,37,40H,5-14,16-17H2,1-4H3,(H,32,35)(H,38,39)/t20-,21+,22+,26?,29+,30+,31+/m1/s1. The predicted molar refractivity (Wildman–Crippen MR) is 147 cm³/mol. The number of aliphatic hydroxyl groups is 2. The van der Waals surface area contributed by atoms with Crippen molar-refractivity contribution in [3.8, 4) is 0 Å². The number of rotatable bonds is 10. The Labute approximate surface area is 241 Å². The van der Waals surface area contributed by atoms with Crippen LogP contribution in [-0.2, 0) is 28.7 Å². The zero-order valence-corrected chi connectivity index (χ0v) is 24.7. The van der Waals surface area contributed by atoms with Gasteiger partial charge in [0.15, 0.2) is 18.5 Å². The van der Waals surface area contributed by atoms with E-state index in [1.165, 1.54) is 19.4 Å². The highest BCUT2D eigenvalue weighted by atomic mass is 16.5. The first-order chi connectivity index (χ1) is 19.0. The summed E-state index contributed by atoms with van der Waals surface area (Å²) in [4.78, 5) is 60.9. The van der Waals surface area contributed by atoms with Crippen molar-refractivity contribution in [3.05, 3.63) is 11.6 Å². The SMILES string of the molecule is CC(C)(CNC(=O)CCC(=O)OCC(=O)[C@@]1(O)CC[C@H]2[C@@H]3CCC4=CC(=O)CC[C@]4(C)[C@H]3CC[C@@]21C)C(O)C(=O)O. The minimum atomic E-state index is -1.66. The average Bonchev–Trinajstić information content (AvgIpc) is 3.20. The lowest BCUT2D eigenvalue weighted by Crippen LogP contribution is -2.58. The number of esters is 1. The van der Waals surface area contributed by atoms with E-state index in [2.05, 4.69) is 12.2 Å². The number of aliphatic hydroxyl groups excluding tert-OH is 1. The van der Waals surface area contributed by atoms with Gasteiger partial charge in [0.1, 0.15) is 5.60 Å². The Morgan fingerprint density at radius 2 is 1.73 bits per heavy atom. The van der Waals surface area contributed by atoms with Crippen LogP contribution in [0.15, 0.2) is 11.6 Å². The van der Waals surface area contributed by atoms with Gasteiger partial charge in [-0.25, -0.2) is 4.79 Å². The maximum atomic E-state index is 13.4. The fourth-order valence-electron chi connectivity index (χ4n) is 8.43. The number of nitrogens with one attached hydrogen (secondary N) is 1. The molecule has 0 aliphatic heterocycles. The molecule has 4 aliphatic carbocycles. The van der Waals surface area contributed by atoms with E-state index in [-0.39, 0.29) is 36.5 Å². The van der Waals surface area contributed by atoms with E-state index in [0.717, 1.165) is 32.1 Å². The Hall–Kier alpha value is -2.59. The van der Waals surface area contributed by atoms with Crippen LogP contribution in [0.5, 0.6) is 0 Å². The van der Waals surface area contributed by atoms with Gasteiger partial charge in [-0.2, -0.15) is 0 Å². The van der Waals surface area contributed by atoms with Gasteiger partial charge < -0.3 is 25.4 Å². The first-order valence-electron chi connectivity index (χ1n) is 14.9. The van der Waals surface area contributed by atoms with Crippen molar-refractivity contribution in [1.29, 1.82) is 0 Å². The highest BCUT2D eigenvalue weighted by Gasteiger charge is 2.66. The van der Waals surface area contributed by atoms with Crippen LogP contribution in [-0.4, -0.2) is 69.6 Å². The molecule has 4 N–H and O–H groups in total. The molecule has 0 saturated heterocycles. The number of fused-ring (bicyclic) bond motifs is 5. The fourth-order valence-corrected chi connectivity index (χ4v) is 8.43. The van der Waals surface area contributed by atoms with Gasteiger partial charge in [-0.15, -0.1) is 0 Å². The molecule has 4 aliphatic rings. The summed E-state index contributed by atoms with van der Waals surface area (Å²) < 4.78 is 5.19. The molecule has 3 fully saturated rings. The van der Waals surface area contributed by atoms with E-state index < -0.39 is 52.8 Å². The topological polar surface area (TPSA) is 167 Å². The molecular formula is C31H45NO9. The average molecular weight is 576 g/mol. The molecule has 0 aromatic rings. The summed E-state index contributed by atoms with van der Waals surface area (Å²) in [5.41, 5.74) is -2.05. The second kappa shape index (κ2) is 11.2. The van der Waals surface area contributed by atoms with Crippen molar-refractivity contribution in [2.75, 3.05) is 13.2 Å². The summed E-state index contributed by atoms with van der Waals surface area (Å²) >= 11 is 0. The van der Waals surface area contributed by atoms with Gasteiger partial charge in [0.25, 0.3) is 0 Å². The van der Waals surface area contributed by atoms with Gasteiger partial charge in [0.05, 0.1) is 6.42 Å². The molecule has 1 amide bonds. The van der Waals surface area contributed by atoms with E-state index >= 15 is 0 Å². The van der Waals surface area contributed by atoms with Crippen LogP contribution < -0.4 is 5.32 Å². The number of carboxylic acids is 1. The summed E-state index contributed by atoms with van der Waals surface area (Å²) in [6.07, 6.45) is 5.60. The van der Waals surface area contributed by atoms with Crippen LogP contribution in [0.25, 0.3) is 0 Å². The molecule has 0 aromatic carbocycles. The van der Waals surface area contributed by atoms with Crippen molar-refractivity contribution in [3.63, 3.8) is 0 Å². The smallest absolute Gasteiger partial charge is 0.333 e. The Kier molecular flexibility index (Phi) is 8.60. The summed E-state index contributed by atoms with van der Waals surface area (Å²) in [7, 11) is 0. The molecule has 7 atom stereocenters. The number of carbonyl (C=O) groups is 5. The maximum Gasteiger partial charge on any atom is 0.333 e.